The van der Waals surface area contributed by atoms with E-state index in [-0.39, 0.29) is 12.7 Å². The highest BCUT2D eigenvalue weighted by atomic mass is 35.5. The van der Waals surface area contributed by atoms with Gasteiger partial charge in [0.05, 0.1) is 0 Å². The molecule has 2 aromatic carbocycles. The highest BCUT2D eigenvalue weighted by molar-refractivity contribution is 6.31. The van der Waals surface area contributed by atoms with Gasteiger partial charge in [-0.1, -0.05) is 23.7 Å². The smallest absolute Gasteiger partial charge is 0.274 e. The molecule has 0 saturated heterocycles. The molecule has 6 nitrogen and oxygen atoms in total. The van der Waals surface area contributed by atoms with Crippen LogP contribution in [0.4, 0.5) is 11.4 Å². The van der Waals surface area contributed by atoms with E-state index in [2.05, 4.69) is 15.6 Å². The maximum atomic E-state index is 12.6. The molecular formula is C21H18ClN3O3. The second kappa shape index (κ2) is 7.78. The summed E-state index contributed by atoms with van der Waals surface area (Å²) in [5.74, 6) is 1.20. The van der Waals surface area contributed by atoms with Gasteiger partial charge in [0, 0.05) is 29.1 Å². The van der Waals surface area contributed by atoms with E-state index < -0.39 is 0 Å². The summed E-state index contributed by atoms with van der Waals surface area (Å²) in [6, 6.07) is 14.7. The van der Waals surface area contributed by atoms with Crippen molar-refractivity contribution in [1.82, 2.24) is 4.98 Å². The molecule has 3 aromatic rings. The topological polar surface area (TPSA) is 72.5 Å². The summed E-state index contributed by atoms with van der Waals surface area (Å²) in [6.07, 6.45) is 1.60. The van der Waals surface area contributed by atoms with Crippen LogP contribution in [-0.4, -0.2) is 17.7 Å². The first kappa shape index (κ1) is 18.1. The number of nitrogens with zero attached hydrogens (tertiary/aromatic N) is 1. The van der Waals surface area contributed by atoms with Gasteiger partial charge < -0.3 is 20.1 Å². The molecule has 1 amide bonds. The van der Waals surface area contributed by atoms with E-state index >= 15 is 0 Å². The van der Waals surface area contributed by atoms with Crippen molar-refractivity contribution >= 4 is 28.9 Å². The first-order valence-electron chi connectivity index (χ1n) is 8.75. The molecule has 2 heterocycles. The maximum absolute atomic E-state index is 12.6. The zero-order chi connectivity index (χ0) is 19.5. The standard InChI is InChI=1S/C21H18ClN3O3/c1-13-16(22)3-2-4-17(13)25-21(26)18-10-15(7-8-23-18)24-11-14-5-6-19-20(9-14)28-12-27-19/h2-10H,11-12H2,1H3,(H,23,24)(H,25,26). The molecule has 1 aliphatic rings. The Kier molecular flexibility index (Phi) is 5.04. The lowest BCUT2D eigenvalue weighted by atomic mass is 10.2. The van der Waals surface area contributed by atoms with Crippen LogP contribution >= 0.6 is 11.6 Å². The maximum Gasteiger partial charge on any atom is 0.274 e. The molecule has 2 N–H and O–H groups in total. The first-order valence-corrected chi connectivity index (χ1v) is 9.13. The van der Waals surface area contributed by atoms with Gasteiger partial charge in [-0.05, 0) is 54.4 Å². The minimum Gasteiger partial charge on any atom is -0.454 e. The summed E-state index contributed by atoms with van der Waals surface area (Å²) < 4.78 is 10.7. The first-order chi connectivity index (χ1) is 13.6. The van der Waals surface area contributed by atoms with E-state index in [9.17, 15) is 4.79 Å². The van der Waals surface area contributed by atoms with Crippen LogP contribution in [0.15, 0.2) is 54.7 Å². The lowest BCUT2D eigenvalue weighted by Gasteiger charge is -2.11. The number of aromatic nitrogens is 1. The quantitative estimate of drug-likeness (QED) is 0.658. The number of ether oxygens (including phenoxy) is 2. The molecule has 1 aromatic heterocycles. The minimum atomic E-state index is -0.294. The van der Waals surface area contributed by atoms with Crippen LogP contribution < -0.4 is 20.1 Å². The van der Waals surface area contributed by atoms with Crippen molar-refractivity contribution in [3.8, 4) is 11.5 Å². The number of anilines is 2. The lowest BCUT2D eigenvalue weighted by Crippen LogP contribution is -2.15. The largest absolute Gasteiger partial charge is 0.454 e. The van der Waals surface area contributed by atoms with Gasteiger partial charge >= 0.3 is 0 Å². The van der Waals surface area contributed by atoms with Crippen LogP contribution in [0.1, 0.15) is 21.6 Å². The Balaban J connectivity index is 1.44. The highest BCUT2D eigenvalue weighted by Gasteiger charge is 2.14. The van der Waals surface area contributed by atoms with Crippen molar-refractivity contribution in [2.24, 2.45) is 0 Å². The van der Waals surface area contributed by atoms with Gasteiger partial charge in [0.2, 0.25) is 6.79 Å². The highest BCUT2D eigenvalue weighted by Crippen LogP contribution is 2.32. The Bertz CT molecular complexity index is 1040. The predicted octanol–water partition coefficient (Wildman–Crippen LogP) is 4.64. The second-order valence-corrected chi connectivity index (χ2v) is 6.74. The average molecular weight is 396 g/mol. The molecule has 1 aliphatic heterocycles. The van der Waals surface area contributed by atoms with Crippen molar-refractivity contribution < 1.29 is 14.3 Å². The number of hydrogen-bond acceptors (Lipinski definition) is 5. The van der Waals surface area contributed by atoms with Gasteiger partial charge in [0.1, 0.15) is 5.69 Å². The number of rotatable bonds is 5. The zero-order valence-electron chi connectivity index (χ0n) is 15.2. The third-order valence-electron chi connectivity index (χ3n) is 4.44. The van der Waals surface area contributed by atoms with Crippen LogP contribution in [0.5, 0.6) is 11.5 Å². The molecule has 0 aliphatic carbocycles. The van der Waals surface area contributed by atoms with E-state index in [4.69, 9.17) is 21.1 Å². The van der Waals surface area contributed by atoms with E-state index in [0.29, 0.717) is 22.9 Å². The Morgan fingerprint density at radius 1 is 1.14 bits per heavy atom. The number of hydrogen-bond donors (Lipinski definition) is 2. The molecule has 0 saturated carbocycles. The Labute approximate surface area is 167 Å². The van der Waals surface area contributed by atoms with E-state index in [1.165, 1.54) is 0 Å². The Morgan fingerprint density at radius 2 is 2.00 bits per heavy atom. The van der Waals surface area contributed by atoms with Crippen molar-refractivity contribution in [2.45, 2.75) is 13.5 Å². The monoisotopic (exact) mass is 395 g/mol. The number of benzene rings is 2. The van der Waals surface area contributed by atoms with E-state index in [0.717, 1.165) is 28.3 Å². The van der Waals surface area contributed by atoms with Crippen LogP contribution in [-0.2, 0) is 6.54 Å². The minimum absolute atomic E-state index is 0.251. The van der Waals surface area contributed by atoms with Gasteiger partial charge in [-0.15, -0.1) is 0 Å². The summed E-state index contributed by atoms with van der Waals surface area (Å²) in [7, 11) is 0. The summed E-state index contributed by atoms with van der Waals surface area (Å²) in [5, 5.41) is 6.75. The Hall–Kier alpha value is -3.25. The van der Waals surface area contributed by atoms with Crippen LogP contribution in [0.25, 0.3) is 0 Å². The number of amides is 1. The van der Waals surface area contributed by atoms with Crippen molar-refractivity contribution in [2.75, 3.05) is 17.4 Å². The normalized spacial score (nSPS) is 11.9. The molecule has 0 radical (unpaired) electrons. The molecule has 28 heavy (non-hydrogen) atoms. The van der Waals surface area contributed by atoms with Crippen molar-refractivity contribution in [1.29, 1.82) is 0 Å². The molecule has 0 atom stereocenters. The number of carbonyl (C=O) groups is 1. The fraction of sp³-hybridized carbons (Fsp3) is 0.143. The summed E-state index contributed by atoms with van der Waals surface area (Å²) in [4.78, 5) is 16.7. The number of fused-ring (bicyclic) bond motifs is 1. The molecule has 0 fully saturated rings. The SMILES string of the molecule is Cc1c(Cl)cccc1NC(=O)c1cc(NCc2ccc3c(c2)OCO3)ccn1. The van der Waals surface area contributed by atoms with E-state index in [1.807, 2.05) is 31.2 Å². The summed E-state index contributed by atoms with van der Waals surface area (Å²) >= 11 is 6.11. The lowest BCUT2D eigenvalue weighted by molar-refractivity contribution is 0.102. The number of carbonyl (C=O) groups excluding carboxylic acids is 1. The predicted molar refractivity (Wildman–Crippen MR) is 108 cm³/mol. The van der Waals surface area contributed by atoms with Gasteiger partial charge in [0.15, 0.2) is 11.5 Å². The van der Waals surface area contributed by atoms with Crippen molar-refractivity contribution in [3.05, 3.63) is 76.6 Å². The summed E-state index contributed by atoms with van der Waals surface area (Å²) in [6.45, 7) is 2.69. The third-order valence-corrected chi connectivity index (χ3v) is 4.85. The number of halogens is 1. The molecule has 142 valence electrons. The molecule has 0 unspecified atom stereocenters. The molecular weight excluding hydrogens is 378 g/mol. The molecule has 0 bridgehead atoms. The molecule has 7 heteroatoms. The van der Waals surface area contributed by atoms with E-state index in [1.54, 1.807) is 30.5 Å². The Morgan fingerprint density at radius 3 is 2.89 bits per heavy atom. The zero-order valence-corrected chi connectivity index (χ0v) is 15.9. The fourth-order valence-electron chi connectivity index (χ4n) is 2.85. The summed E-state index contributed by atoms with van der Waals surface area (Å²) in [5.41, 5.74) is 3.63. The molecule has 0 spiro atoms. The third kappa shape index (κ3) is 3.87. The van der Waals surface area contributed by atoms with Gasteiger partial charge in [-0.25, -0.2) is 0 Å². The van der Waals surface area contributed by atoms with Crippen LogP contribution in [0.3, 0.4) is 0 Å². The number of nitrogens with one attached hydrogen (secondary N) is 2. The average Bonchev–Trinajstić information content (AvgIpc) is 3.18. The van der Waals surface area contributed by atoms with Gasteiger partial charge in [0.25, 0.3) is 5.91 Å². The molecule has 4 rings (SSSR count). The van der Waals surface area contributed by atoms with Crippen LogP contribution in [0.2, 0.25) is 5.02 Å². The number of pyridine rings is 1. The van der Waals surface area contributed by atoms with Gasteiger partial charge in [-0.3, -0.25) is 9.78 Å². The van der Waals surface area contributed by atoms with Crippen LogP contribution in [0, 0.1) is 6.92 Å². The second-order valence-electron chi connectivity index (χ2n) is 6.34. The van der Waals surface area contributed by atoms with Crippen molar-refractivity contribution in [3.63, 3.8) is 0 Å². The van der Waals surface area contributed by atoms with Gasteiger partial charge in [-0.2, -0.15) is 0 Å². The fourth-order valence-corrected chi connectivity index (χ4v) is 3.02.